The third kappa shape index (κ3) is 3.98. The highest BCUT2D eigenvalue weighted by atomic mass is 32.1. The van der Waals surface area contributed by atoms with Crippen molar-refractivity contribution in [3.8, 4) is 0 Å². The fourth-order valence-electron chi connectivity index (χ4n) is 2.09. The van der Waals surface area contributed by atoms with Crippen molar-refractivity contribution < 1.29 is 0 Å². The fraction of sp³-hybridized carbons (Fsp3) is 0.250. The Kier molecular flexibility index (Phi) is 5.74. The van der Waals surface area contributed by atoms with E-state index in [1.807, 2.05) is 0 Å². The fourth-order valence-corrected chi connectivity index (χ4v) is 2.90. The van der Waals surface area contributed by atoms with Gasteiger partial charge in [0.2, 0.25) is 0 Å². The summed E-state index contributed by atoms with van der Waals surface area (Å²) in [5.74, 6) is 2.33. The van der Waals surface area contributed by atoms with Gasteiger partial charge in [-0.1, -0.05) is 42.5 Å². The summed E-state index contributed by atoms with van der Waals surface area (Å²) in [6, 6.07) is 15.2. The van der Waals surface area contributed by atoms with Gasteiger partial charge in [-0.2, -0.15) is 37.9 Å². The van der Waals surface area contributed by atoms with E-state index in [1.165, 1.54) is 27.8 Å². The van der Waals surface area contributed by atoms with E-state index in [2.05, 4.69) is 80.4 Å². The minimum Gasteiger partial charge on any atom is -0.175 e. The molecule has 0 unspecified atom stereocenters. The number of benzene rings is 2. The summed E-state index contributed by atoms with van der Waals surface area (Å²) in [6.45, 7) is 0. The molecule has 0 amide bonds. The van der Waals surface area contributed by atoms with E-state index in [0.29, 0.717) is 0 Å². The molecule has 0 aromatic heterocycles. The molecule has 0 aliphatic heterocycles. The van der Waals surface area contributed by atoms with E-state index in [9.17, 15) is 0 Å². The molecular weight excluding hydrogens is 288 g/mol. The van der Waals surface area contributed by atoms with Gasteiger partial charge in [0.25, 0.3) is 0 Å². The van der Waals surface area contributed by atoms with Crippen molar-refractivity contribution in [2.75, 3.05) is 0 Å². The molecule has 0 saturated heterocycles. The molecule has 0 aliphatic rings. The van der Waals surface area contributed by atoms with Crippen LogP contribution in [0.3, 0.4) is 0 Å². The van der Waals surface area contributed by atoms with E-state index < -0.39 is 0 Å². The second kappa shape index (κ2) is 7.32. The van der Waals surface area contributed by atoms with Gasteiger partial charge in [0, 0.05) is 17.3 Å². The molecule has 0 nitrogen and oxygen atoms in total. The minimum absolute atomic E-state index is 0.766. The highest BCUT2D eigenvalue weighted by molar-refractivity contribution is 7.79. The first-order chi connectivity index (χ1) is 9.26. The molecule has 0 spiro atoms. The standard InChI is InChI=1S/C16H18S3/c17-9-13-3-1-12(2-4-13)7-14-5-6-15(10-18)16(8-14)11-19/h1-6,8,17-19H,7,9-11H2. The Morgan fingerprint density at radius 1 is 0.579 bits per heavy atom. The summed E-state index contributed by atoms with van der Waals surface area (Å²) in [6.07, 6.45) is 0.959. The smallest absolute Gasteiger partial charge is 0.0157 e. The van der Waals surface area contributed by atoms with Crippen LogP contribution in [0, 0.1) is 0 Å². The summed E-state index contributed by atoms with van der Waals surface area (Å²) >= 11 is 13.0. The SMILES string of the molecule is SCc1ccc(Cc2ccc(CS)c(CS)c2)cc1. The van der Waals surface area contributed by atoms with Gasteiger partial charge in [-0.15, -0.1) is 0 Å². The van der Waals surface area contributed by atoms with Crippen molar-refractivity contribution in [3.05, 3.63) is 70.3 Å². The maximum absolute atomic E-state index is 4.39. The molecular formula is C16H18S3. The van der Waals surface area contributed by atoms with Crippen LogP contribution in [0.1, 0.15) is 27.8 Å². The van der Waals surface area contributed by atoms with Crippen LogP contribution < -0.4 is 0 Å². The van der Waals surface area contributed by atoms with E-state index in [1.54, 1.807) is 0 Å². The third-order valence-electron chi connectivity index (χ3n) is 3.23. The molecule has 0 N–H and O–H groups in total. The lowest BCUT2D eigenvalue weighted by Gasteiger charge is -2.09. The maximum atomic E-state index is 4.39. The Morgan fingerprint density at radius 3 is 1.74 bits per heavy atom. The highest BCUT2D eigenvalue weighted by Gasteiger charge is 2.03. The van der Waals surface area contributed by atoms with E-state index in [0.717, 1.165) is 23.7 Å². The Balaban J connectivity index is 2.18. The normalized spacial score (nSPS) is 10.7. The molecule has 0 radical (unpaired) electrons. The topological polar surface area (TPSA) is 0 Å². The molecule has 19 heavy (non-hydrogen) atoms. The van der Waals surface area contributed by atoms with Crippen molar-refractivity contribution in [2.24, 2.45) is 0 Å². The zero-order valence-electron chi connectivity index (χ0n) is 10.7. The predicted octanol–water partition coefficient (Wildman–Crippen LogP) is 4.57. The van der Waals surface area contributed by atoms with Crippen molar-refractivity contribution in [3.63, 3.8) is 0 Å². The molecule has 0 bridgehead atoms. The first-order valence-corrected chi connectivity index (χ1v) is 8.17. The molecule has 0 aliphatic carbocycles. The van der Waals surface area contributed by atoms with Crippen LogP contribution in [0.25, 0.3) is 0 Å². The second-order valence-corrected chi connectivity index (χ2v) is 5.52. The summed E-state index contributed by atoms with van der Waals surface area (Å²) in [5.41, 5.74) is 6.46. The van der Waals surface area contributed by atoms with E-state index >= 15 is 0 Å². The largest absolute Gasteiger partial charge is 0.175 e. The van der Waals surface area contributed by atoms with Gasteiger partial charge in [0.05, 0.1) is 0 Å². The van der Waals surface area contributed by atoms with Crippen LogP contribution in [0.5, 0.6) is 0 Å². The average molecular weight is 307 g/mol. The Bertz CT molecular complexity index is 532. The van der Waals surface area contributed by atoms with E-state index in [4.69, 9.17) is 0 Å². The second-order valence-electron chi connectivity index (χ2n) is 4.57. The molecule has 100 valence electrons. The summed E-state index contributed by atoms with van der Waals surface area (Å²) in [5, 5.41) is 0. The molecule has 2 aromatic carbocycles. The van der Waals surface area contributed by atoms with Gasteiger partial charge in [0.15, 0.2) is 0 Å². The number of thiol groups is 3. The Morgan fingerprint density at radius 2 is 1.16 bits per heavy atom. The van der Waals surface area contributed by atoms with Gasteiger partial charge in [-0.05, 0) is 34.2 Å². The lowest BCUT2D eigenvalue weighted by molar-refractivity contribution is 1.15. The van der Waals surface area contributed by atoms with Crippen molar-refractivity contribution in [2.45, 2.75) is 23.7 Å². The van der Waals surface area contributed by atoms with Crippen molar-refractivity contribution in [1.29, 1.82) is 0 Å². The van der Waals surface area contributed by atoms with Crippen molar-refractivity contribution in [1.82, 2.24) is 0 Å². The Hall–Kier alpha value is -0.510. The van der Waals surface area contributed by atoms with Gasteiger partial charge in [-0.25, -0.2) is 0 Å². The predicted molar refractivity (Wildman–Crippen MR) is 93.8 cm³/mol. The summed E-state index contributed by atoms with van der Waals surface area (Å²) < 4.78 is 0. The lowest BCUT2D eigenvalue weighted by atomic mass is 10.00. The van der Waals surface area contributed by atoms with Crippen LogP contribution in [0.2, 0.25) is 0 Å². The maximum Gasteiger partial charge on any atom is 0.0157 e. The Labute approximate surface area is 131 Å². The van der Waals surface area contributed by atoms with Crippen LogP contribution in [-0.2, 0) is 23.7 Å². The zero-order valence-corrected chi connectivity index (χ0v) is 13.4. The molecule has 0 fully saturated rings. The van der Waals surface area contributed by atoms with Crippen LogP contribution in [0.15, 0.2) is 42.5 Å². The van der Waals surface area contributed by atoms with Crippen LogP contribution in [-0.4, -0.2) is 0 Å². The molecule has 2 aromatic rings. The summed E-state index contributed by atoms with van der Waals surface area (Å²) in [4.78, 5) is 0. The van der Waals surface area contributed by atoms with Gasteiger partial charge >= 0.3 is 0 Å². The van der Waals surface area contributed by atoms with E-state index in [-0.39, 0.29) is 0 Å². The van der Waals surface area contributed by atoms with Gasteiger partial charge in [0.1, 0.15) is 0 Å². The zero-order chi connectivity index (χ0) is 13.7. The lowest BCUT2D eigenvalue weighted by Crippen LogP contribution is -1.94. The minimum atomic E-state index is 0.766. The van der Waals surface area contributed by atoms with Crippen molar-refractivity contribution >= 4 is 37.9 Å². The molecule has 0 heterocycles. The third-order valence-corrected chi connectivity index (χ3v) is 4.27. The first kappa shape index (κ1) is 14.9. The van der Waals surface area contributed by atoms with Crippen LogP contribution >= 0.6 is 37.9 Å². The quantitative estimate of drug-likeness (QED) is 0.662. The van der Waals surface area contributed by atoms with Gasteiger partial charge < -0.3 is 0 Å². The molecule has 3 heteroatoms. The monoisotopic (exact) mass is 306 g/mol. The van der Waals surface area contributed by atoms with Crippen LogP contribution in [0.4, 0.5) is 0 Å². The number of hydrogen-bond donors (Lipinski definition) is 3. The highest BCUT2D eigenvalue weighted by Crippen LogP contribution is 2.19. The molecule has 2 rings (SSSR count). The average Bonchev–Trinajstić information content (AvgIpc) is 2.48. The first-order valence-electron chi connectivity index (χ1n) is 6.28. The number of rotatable bonds is 5. The molecule has 0 saturated carbocycles. The number of hydrogen-bond acceptors (Lipinski definition) is 3. The molecule has 0 atom stereocenters. The van der Waals surface area contributed by atoms with Gasteiger partial charge in [-0.3, -0.25) is 0 Å². The summed E-state index contributed by atoms with van der Waals surface area (Å²) in [7, 11) is 0.